The number of allylic oxidation sites excluding steroid dienone is 2. The van der Waals surface area contributed by atoms with Gasteiger partial charge in [0.05, 0.1) is 12.2 Å². The van der Waals surface area contributed by atoms with Crippen LogP contribution in [0.5, 0.6) is 0 Å². The molecule has 1 amide bonds. The van der Waals surface area contributed by atoms with E-state index in [2.05, 4.69) is 62.6 Å². The molecule has 0 radical (unpaired) electrons. The molecule has 1 aromatic carbocycles. The van der Waals surface area contributed by atoms with Gasteiger partial charge in [0.2, 0.25) is 5.91 Å². The molecule has 0 aromatic heterocycles. The minimum atomic E-state index is 0.0559. The smallest absolute Gasteiger partial charge is 0.246 e. The van der Waals surface area contributed by atoms with Gasteiger partial charge in [0.25, 0.3) is 0 Å². The summed E-state index contributed by atoms with van der Waals surface area (Å²) < 4.78 is 0. The average molecular weight is 554 g/mol. The minimum absolute atomic E-state index is 0.0559. The van der Waals surface area contributed by atoms with Crippen molar-refractivity contribution in [1.82, 2.24) is 14.7 Å². The number of hydrogen-bond donors (Lipinski definition) is 0. The number of Topliss-reactive ketones (excluding diaryl/α,β-unsaturated/α-hetero) is 1. The van der Waals surface area contributed by atoms with Crippen molar-refractivity contribution in [2.75, 3.05) is 38.7 Å². The van der Waals surface area contributed by atoms with E-state index in [-0.39, 0.29) is 11.7 Å². The van der Waals surface area contributed by atoms with E-state index in [1.807, 2.05) is 28.4 Å². The van der Waals surface area contributed by atoms with Gasteiger partial charge in [-0.05, 0) is 75.6 Å². The average Bonchev–Trinajstić information content (AvgIpc) is 3.54. The quantitative estimate of drug-likeness (QED) is 0.354. The summed E-state index contributed by atoms with van der Waals surface area (Å²) in [6.45, 7) is 15.1. The van der Waals surface area contributed by atoms with E-state index in [1.54, 1.807) is 24.8 Å². The molecule has 0 aliphatic carbocycles. The number of rotatable bonds is 7. The van der Waals surface area contributed by atoms with Crippen LogP contribution < -0.4 is 0 Å². The summed E-state index contributed by atoms with van der Waals surface area (Å²) in [5, 5.41) is 0. The number of aryl methyl sites for hydroxylation is 2. The van der Waals surface area contributed by atoms with Gasteiger partial charge in [-0.1, -0.05) is 63.3 Å². The lowest BCUT2D eigenvalue weighted by Crippen LogP contribution is -2.47. The molecule has 6 heteroatoms. The highest BCUT2D eigenvalue weighted by atomic mass is 32.2. The number of benzene rings is 1. The molecule has 3 fully saturated rings. The number of unbranched alkanes of at least 4 members (excludes halogenated alkanes) is 1. The lowest BCUT2D eigenvalue weighted by atomic mass is 10.1. The Morgan fingerprint density at radius 1 is 1.08 bits per heavy atom. The maximum absolute atomic E-state index is 12.7. The molecule has 216 valence electrons. The van der Waals surface area contributed by atoms with Gasteiger partial charge < -0.3 is 9.80 Å². The molecule has 0 bridgehead atoms. The van der Waals surface area contributed by atoms with Crippen molar-refractivity contribution in [3.05, 3.63) is 71.6 Å². The summed E-state index contributed by atoms with van der Waals surface area (Å²) in [5.41, 5.74) is 4.40. The Morgan fingerprint density at radius 2 is 1.79 bits per heavy atom. The highest BCUT2D eigenvalue weighted by Gasteiger charge is 2.35. The predicted molar refractivity (Wildman–Crippen MR) is 168 cm³/mol. The maximum Gasteiger partial charge on any atom is 0.246 e. The summed E-state index contributed by atoms with van der Waals surface area (Å²) in [4.78, 5) is 31.0. The molecule has 1 aromatic rings. The number of piperazine rings is 1. The second-order valence-electron chi connectivity index (χ2n) is 10.6. The summed E-state index contributed by atoms with van der Waals surface area (Å²) in [5.74, 6) is 0.117. The van der Waals surface area contributed by atoms with Crippen molar-refractivity contribution in [2.45, 2.75) is 84.7 Å². The van der Waals surface area contributed by atoms with Crippen molar-refractivity contribution in [3.63, 3.8) is 0 Å². The van der Waals surface area contributed by atoms with Crippen LogP contribution in [0.3, 0.4) is 0 Å². The van der Waals surface area contributed by atoms with Crippen LogP contribution >= 0.6 is 11.8 Å². The minimum Gasteiger partial charge on any atom is -0.340 e. The van der Waals surface area contributed by atoms with E-state index in [0.29, 0.717) is 25.7 Å². The fourth-order valence-corrected chi connectivity index (χ4v) is 5.61. The SMILES string of the molecule is C=C1CN(C(=O)/C=C/C2CCC3CCCN23)CCN1/C(=C\CCC)C(C)=O.CCc1ccccc1C.CSC. The Bertz CT molecular complexity index is 1000. The van der Waals surface area contributed by atoms with Crippen LogP contribution in [0.15, 0.2) is 60.5 Å². The number of fused-ring (bicyclic) bond motifs is 1. The van der Waals surface area contributed by atoms with E-state index >= 15 is 0 Å². The third kappa shape index (κ3) is 9.99. The molecule has 0 saturated carbocycles. The fourth-order valence-electron chi connectivity index (χ4n) is 5.61. The first-order valence-electron chi connectivity index (χ1n) is 14.6. The molecule has 0 N–H and O–H groups in total. The second-order valence-corrected chi connectivity index (χ2v) is 11.5. The van der Waals surface area contributed by atoms with Crippen LogP contribution in [0.25, 0.3) is 0 Å². The van der Waals surface area contributed by atoms with Gasteiger partial charge in [0, 0.05) is 43.9 Å². The lowest BCUT2D eigenvalue weighted by Gasteiger charge is -2.38. The number of hydrogen-bond acceptors (Lipinski definition) is 5. The van der Waals surface area contributed by atoms with E-state index < -0.39 is 0 Å². The zero-order valence-electron chi connectivity index (χ0n) is 25.2. The zero-order chi connectivity index (χ0) is 28.8. The van der Waals surface area contributed by atoms with Gasteiger partial charge >= 0.3 is 0 Å². The van der Waals surface area contributed by atoms with Crippen molar-refractivity contribution in [1.29, 1.82) is 0 Å². The Labute approximate surface area is 242 Å². The maximum atomic E-state index is 12.7. The third-order valence-electron chi connectivity index (χ3n) is 7.69. The van der Waals surface area contributed by atoms with Gasteiger partial charge in [-0.3, -0.25) is 14.5 Å². The van der Waals surface area contributed by atoms with Crippen LogP contribution in [-0.4, -0.2) is 77.2 Å². The zero-order valence-corrected chi connectivity index (χ0v) is 26.1. The van der Waals surface area contributed by atoms with Gasteiger partial charge in [-0.2, -0.15) is 11.8 Å². The van der Waals surface area contributed by atoms with Gasteiger partial charge in [-0.25, -0.2) is 0 Å². The first-order chi connectivity index (χ1) is 18.8. The van der Waals surface area contributed by atoms with E-state index in [0.717, 1.165) is 36.7 Å². The highest BCUT2D eigenvalue weighted by molar-refractivity contribution is 7.97. The summed E-state index contributed by atoms with van der Waals surface area (Å²) in [6, 6.07) is 9.65. The molecular formula is C33H51N3O2S. The number of carbonyl (C=O) groups is 2. The van der Waals surface area contributed by atoms with E-state index in [9.17, 15) is 9.59 Å². The normalized spacial score (nSPS) is 21.3. The molecule has 3 aliphatic heterocycles. The topological polar surface area (TPSA) is 43.9 Å². The van der Waals surface area contributed by atoms with E-state index in [4.69, 9.17) is 0 Å². The lowest BCUT2D eigenvalue weighted by molar-refractivity contribution is -0.126. The van der Waals surface area contributed by atoms with Crippen LogP contribution in [0.2, 0.25) is 0 Å². The van der Waals surface area contributed by atoms with Crippen molar-refractivity contribution >= 4 is 23.5 Å². The first-order valence-corrected chi connectivity index (χ1v) is 16.2. The number of nitrogens with zero attached hydrogens (tertiary/aromatic N) is 3. The number of carbonyl (C=O) groups excluding carboxylic acids is 2. The monoisotopic (exact) mass is 553 g/mol. The van der Waals surface area contributed by atoms with E-state index in [1.165, 1.54) is 43.4 Å². The van der Waals surface area contributed by atoms with Crippen LogP contribution in [-0.2, 0) is 16.0 Å². The number of ketones is 1. The van der Waals surface area contributed by atoms with Crippen LogP contribution in [0.4, 0.5) is 0 Å². The van der Waals surface area contributed by atoms with Gasteiger partial charge in [-0.15, -0.1) is 0 Å². The van der Waals surface area contributed by atoms with Crippen molar-refractivity contribution in [3.8, 4) is 0 Å². The fraction of sp³-hybridized carbons (Fsp3) is 0.576. The molecule has 3 heterocycles. The number of amides is 1. The molecule has 2 unspecified atom stereocenters. The Morgan fingerprint density at radius 3 is 2.38 bits per heavy atom. The van der Waals surface area contributed by atoms with Gasteiger partial charge in [0.15, 0.2) is 5.78 Å². The third-order valence-corrected chi connectivity index (χ3v) is 7.69. The molecule has 39 heavy (non-hydrogen) atoms. The highest BCUT2D eigenvalue weighted by Crippen LogP contribution is 2.33. The molecule has 3 saturated heterocycles. The molecule has 3 aliphatic rings. The van der Waals surface area contributed by atoms with Crippen LogP contribution in [0, 0.1) is 6.92 Å². The summed E-state index contributed by atoms with van der Waals surface area (Å²) in [7, 11) is 0. The molecular weight excluding hydrogens is 502 g/mol. The Balaban J connectivity index is 0.000000370. The largest absolute Gasteiger partial charge is 0.340 e. The van der Waals surface area contributed by atoms with Crippen LogP contribution in [0.1, 0.15) is 70.4 Å². The van der Waals surface area contributed by atoms with Crippen molar-refractivity contribution in [2.24, 2.45) is 0 Å². The second kappa shape index (κ2) is 17.4. The standard InChI is InChI=1S/C22H33N3O2.C9H12.C2H6S/c1-4-5-8-21(18(3)26)24-15-14-23(16-17(24)2)22(27)12-11-20-10-9-19-7-6-13-25(19)20;1-3-9-7-5-4-6-8(9)2;1-3-2/h8,11-12,19-20H,2,4-7,9-10,13-16H2,1,3H3;4-7H,3H2,1-2H3;1-2H3/b12-11+,21-8-;;. The first kappa shape index (κ1) is 32.9. The number of thioether (sulfide) groups is 1. The summed E-state index contributed by atoms with van der Waals surface area (Å²) in [6.07, 6.45) is 18.0. The molecule has 4 rings (SSSR count). The molecule has 2 atom stereocenters. The van der Waals surface area contributed by atoms with Gasteiger partial charge in [0.1, 0.15) is 0 Å². The predicted octanol–water partition coefficient (Wildman–Crippen LogP) is 6.64. The molecule has 5 nitrogen and oxygen atoms in total. The Kier molecular flexibility index (Phi) is 14.7. The van der Waals surface area contributed by atoms with Crippen molar-refractivity contribution < 1.29 is 9.59 Å². The Hall–Kier alpha value is -2.31. The molecule has 0 spiro atoms. The summed E-state index contributed by atoms with van der Waals surface area (Å²) >= 11 is 1.75.